The van der Waals surface area contributed by atoms with Gasteiger partial charge in [0.2, 0.25) is 0 Å². The minimum absolute atomic E-state index is 0.0997. The summed E-state index contributed by atoms with van der Waals surface area (Å²) in [4.78, 5) is 28.0. The number of hydrogen-bond donors (Lipinski definition) is 0. The molecule has 3 atom stereocenters. The van der Waals surface area contributed by atoms with E-state index in [-0.39, 0.29) is 28.9 Å². The Balaban J connectivity index is 1.37. The van der Waals surface area contributed by atoms with Crippen molar-refractivity contribution in [1.29, 1.82) is 0 Å². The zero-order valence-corrected chi connectivity index (χ0v) is 19.1. The molecule has 0 spiro atoms. The number of benzene rings is 2. The molecule has 0 radical (unpaired) electrons. The molecule has 0 unspecified atom stereocenters. The molecule has 2 aromatic rings. The van der Waals surface area contributed by atoms with Crippen LogP contribution in [0.4, 0.5) is 0 Å². The van der Waals surface area contributed by atoms with E-state index >= 15 is 0 Å². The van der Waals surface area contributed by atoms with Gasteiger partial charge in [0.15, 0.2) is 0 Å². The number of thioether (sulfide) groups is 1. The van der Waals surface area contributed by atoms with Gasteiger partial charge in [0, 0.05) is 22.7 Å². The Morgan fingerprint density at radius 1 is 1.13 bits per heavy atom. The van der Waals surface area contributed by atoms with E-state index in [1.165, 1.54) is 21.9 Å². The maximum Gasteiger partial charge on any atom is 0.344 e. The Morgan fingerprint density at radius 3 is 2.84 bits per heavy atom. The van der Waals surface area contributed by atoms with Crippen molar-refractivity contribution in [2.24, 2.45) is 5.92 Å². The third-order valence-corrected chi connectivity index (χ3v) is 8.33. The Bertz CT molecular complexity index is 1220. The van der Waals surface area contributed by atoms with Crippen LogP contribution < -0.4 is 0 Å². The SMILES string of the molecule is O=C1O[C@H]2C=CC(Br)=C[C@@H]2C=C1C(=O)N1CCS[C@H]1c1ccc2c3c(cccc13)CC2. The molecule has 0 saturated carbocycles. The molecule has 6 rings (SSSR count). The molecule has 156 valence electrons. The first kappa shape index (κ1) is 19.4. The van der Waals surface area contributed by atoms with Gasteiger partial charge in [-0.15, -0.1) is 11.8 Å². The fourth-order valence-electron chi connectivity index (χ4n) is 5.09. The van der Waals surface area contributed by atoms with Crippen molar-refractivity contribution in [3.63, 3.8) is 0 Å². The second-order valence-electron chi connectivity index (χ2n) is 8.31. The highest BCUT2D eigenvalue weighted by atomic mass is 79.9. The van der Waals surface area contributed by atoms with Crippen LogP contribution in [0.3, 0.4) is 0 Å². The van der Waals surface area contributed by atoms with E-state index in [9.17, 15) is 9.59 Å². The Kier molecular flexibility index (Phi) is 4.62. The second kappa shape index (κ2) is 7.38. The molecule has 0 bridgehead atoms. The van der Waals surface area contributed by atoms with Gasteiger partial charge in [-0.05, 0) is 52.5 Å². The van der Waals surface area contributed by atoms with Crippen LogP contribution in [0.15, 0.2) is 64.7 Å². The van der Waals surface area contributed by atoms with Gasteiger partial charge in [-0.1, -0.05) is 58.4 Å². The lowest BCUT2D eigenvalue weighted by Gasteiger charge is -2.31. The minimum atomic E-state index is -0.529. The van der Waals surface area contributed by atoms with Crippen molar-refractivity contribution >= 4 is 50.3 Å². The number of ether oxygens (including phenoxy) is 1. The molecule has 2 heterocycles. The third-order valence-electron chi connectivity index (χ3n) is 6.56. The average molecular weight is 494 g/mol. The van der Waals surface area contributed by atoms with E-state index in [0.29, 0.717) is 6.54 Å². The molecule has 0 N–H and O–H groups in total. The number of amides is 1. The van der Waals surface area contributed by atoms with Gasteiger partial charge in [-0.25, -0.2) is 4.79 Å². The summed E-state index contributed by atoms with van der Waals surface area (Å²) in [7, 11) is 0. The van der Waals surface area contributed by atoms with Gasteiger partial charge in [0.05, 0.1) is 0 Å². The Labute approximate surface area is 193 Å². The largest absolute Gasteiger partial charge is 0.453 e. The summed E-state index contributed by atoms with van der Waals surface area (Å²) in [5.41, 5.74) is 4.08. The van der Waals surface area contributed by atoms with E-state index in [0.717, 1.165) is 28.6 Å². The second-order valence-corrected chi connectivity index (χ2v) is 10.4. The zero-order chi connectivity index (χ0) is 21.1. The van der Waals surface area contributed by atoms with Crippen LogP contribution in [-0.4, -0.2) is 35.2 Å². The molecule has 4 aliphatic rings. The predicted octanol–water partition coefficient (Wildman–Crippen LogP) is 4.83. The van der Waals surface area contributed by atoms with E-state index in [1.54, 1.807) is 17.8 Å². The highest BCUT2D eigenvalue weighted by Crippen LogP contribution is 2.44. The number of halogens is 1. The fraction of sp³-hybridized carbons (Fsp3) is 0.280. The molecular weight excluding hydrogens is 474 g/mol. The van der Waals surface area contributed by atoms with Crippen molar-refractivity contribution in [1.82, 2.24) is 4.90 Å². The summed E-state index contributed by atoms with van der Waals surface area (Å²) >= 11 is 5.24. The van der Waals surface area contributed by atoms with Gasteiger partial charge < -0.3 is 9.64 Å². The molecule has 4 nitrogen and oxygen atoms in total. The van der Waals surface area contributed by atoms with Crippen LogP contribution in [0.5, 0.6) is 0 Å². The van der Waals surface area contributed by atoms with Gasteiger partial charge in [-0.3, -0.25) is 4.79 Å². The average Bonchev–Trinajstić information content (AvgIpc) is 3.42. The lowest BCUT2D eigenvalue weighted by Crippen LogP contribution is -2.39. The molecule has 6 heteroatoms. The van der Waals surface area contributed by atoms with Crippen molar-refractivity contribution in [2.75, 3.05) is 12.3 Å². The monoisotopic (exact) mass is 493 g/mol. The number of hydrogen-bond acceptors (Lipinski definition) is 4. The summed E-state index contributed by atoms with van der Waals surface area (Å²) in [6.07, 6.45) is 9.29. The summed E-state index contributed by atoms with van der Waals surface area (Å²) in [5, 5.41) is 2.48. The Hall–Kier alpha value is -2.31. The molecule has 31 heavy (non-hydrogen) atoms. The number of nitrogens with zero attached hydrogens (tertiary/aromatic N) is 1. The number of fused-ring (bicyclic) bond motifs is 1. The summed E-state index contributed by atoms with van der Waals surface area (Å²) in [5.74, 6) is -0.0391. The third kappa shape index (κ3) is 3.11. The molecule has 1 saturated heterocycles. The van der Waals surface area contributed by atoms with Crippen molar-refractivity contribution in [3.05, 3.63) is 81.4 Å². The highest BCUT2D eigenvalue weighted by molar-refractivity contribution is 9.11. The lowest BCUT2D eigenvalue weighted by molar-refractivity contribution is -0.147. The van der Waals surface area contributed by atoms with E-state index in [2.05, 4.69) is 46.3 Å². The molecule has 1 fully saturated rings. The summed E-state index contributed by atoms with van der Waals surface area (Å²) in [6, 6.07) is 10.9. The first-order valence-corrected chi connectivity index (χ1v) is 12.4. The minimum Gasteiger partial charge on any atom is -0.453 e. The van der Waals surface area contributed by atoms with E-state index < -0.39 is 5.97 Å². The van der Waals surface area contributed by atoms with Gasteiger partial charge in [0.1, 0.15) is 17.1 Å². The molecule has 1 amide bonds. The number of carbonyl (C=O) groups is 2. The number of rotatable bonds is 2. The van der Waals surface area contributed by atoms with Crippen molar-refractivity contribution in [3.8, 4) is 0 Å². The van der Waals surface area contributed by atoms with Crippen molar-refractivity contribution < 1.29 is 14.3 Å². The topological polar surface area (TPSA) is 46.6 Å². The van der Waals surface area contributed by atoms with Crippen LogP contribution in [0, 0.1) is 5.92 Å². The van der Waals surface area contributed by atoms with E-state index in [1.807, 2.05) is 23.1 Å². The van der Waals surface area contributed by atoms with Crippen LogP contribution in [-0.2, 0) is 27.2 Å². The van der Waals surface area contributed by atoms with Gasteiger partial charge in [-0.2, -0.15) is 0 Å². The molecule has 0 aromatic heterocycles. The molecular formula is C25H20BrNO3S. The number of allylic oxidation sites excluding steroid dienone is 2. The van der Waals surface area contributed by atoms with E-state index in [4.69, 9.17) is 4.74 Å². The summed E-state index contributed by atoms with van der Waals surface area (Å²) < 4.78 is 6.50. The number of esters is 1. The maximum atomic E-state index is 13.5. The molecule has 2 aliphatic heterocycles. The Morgan fingerprint density at radius 2 is 1.97 bits per heavy atom. The first-order valence-electron chi connectivity index (χ1n) is 10.5. The highest BCUT2D eigenvalue weighted by Gasteiger charge is 2.39. The van der Waals surface area contributed by atoms with Crippen LogP contribution in [0.2, 0.25) is 0 Å². The number of carbonyl (C=O) groups excluding carboxylic acids is 2. The zero-order valence-electron chi connectivity index (χ0n) is 16.7. The maximum absolute atomic E-state index is 13.5. The van der Waals surface area contributed by atoms with Crippen LogP contribution in [0.25, 0.3) is 10.8 Å². The normalized spacial score (nSPS) is 26.5. The number of aryl methyl sites for hydroxylation is 2. The fourth-order valence-corrected chi connectivity index (χ4v) is 6.84. The quantitative estimate of drug-likeness (QED) is 0.444. The smallest absolute Gasteiger partial charge is 0.344 e. The molecule has 2 aliphatic carbocycles. The van der Waals surface area contributed by atoms with Gasteiger partial charge >= 0.3 is 5.97 Å². The lowest BCUT2D eigenvalue weighted by atomic mass is 9.92. The van der Waals surface area contributed by atoms with Crippen LogP contribution >= 0.6 is 27.7 Å². The summed E-state index contributed by atoms with van der Waals surface area (Å²) in [6.45, 7) is 0.620. The molecule has 2 aromatic carbocycles. The standard InChI is InChI=1S/C25H20BrNO3S/c26-17-7-9-21-16(12-17)13-20(25(29)30-21)23(28)27-10-11-31-24(27)19-8-6-15-5-4-14-2-1-3-18(19)22(14)15/h1-3,6-9,12-13,16,21,24H,4-5,10-11H2/t16-,21+,24+/m1/s1. The first-order chi connectivity index (χ1) is 15.1. The van der Waals surface area contributed by atoms with Crippen molar-refractivity contribution in [2.45, 2.75) is 24.3 Å². The van der Waals surface area contributed by atoms with Crippen LogP contribution in [0.1, 0.15) is 22.1 Å². The van der Waals surface area contributed by atoms with Gasteiger partial charge in [0.25, 0.3) is 5.91 Å². The predicted molar refractivity (Wildman–Crippen MR) is 126 cm³/mol.